The molecule has 1 saturated heterocycles. The van der Waals surface area contributed by atoms with Gasteiger partial charge in [0, 0.05) is 11.4 Å². The zero-order valence-corrected chi connectivity index (χ0v) is 21.1. The standard InChI is InChI=1S/C23H27N3O7S2/c1-3-33-23(29)25-21(28)19-16-6-4-8-18(16)34-22(19)24-20(27)17-7-5-13-26(17)35(30,31)15-11-9-14(32-2)10-12-15/h9-12,17H,3-8,13H2,1-2H3,(H,24,27)(H,25,28,29). The van der Waals surface area contributed by atoms with Crippen LogP contribution in [0.25, 0.3) is 0 Å². The number of carbonyl (C=O) groups is 3. The minimum atomic E-state index is -3.92. The molecule has 2 heterocycles. The van der Waals surface area contributed by atoms with E-state index in [1.165, 1.54) is 34.9 Å². The summed E-state index contributed by atoms with van der Waals surface area (Å²) in [5.41, 5.74) is 1.05. The highest BCUT2D eigenvalue weighted by Crippen LogP contribution is 2.39. The average Bonchev–Trinajstić information content (AvgIpc) is 3.55. The molecule has 2 aromatic rings. The number of hydrogen-bond acceptors (Lipinski definition) is 8. The fraction of sp³-hybridized carbons (Fsp3) is 0.435. The van der Waals surface area contributed by atoms with Gasteiger partial charge in [-0.3, -0.25) is 14.9 Å². The number of fused-ring (bicyclic) bond motifs is 1. The maximum atomic E-state index is 13.3. The first-order chi connectivity index (χ1) is 16.8. The number of imide groups is 1. The molecule has 12 heteroatoms. The van der Waals surface area contributed by atoms with Crippen molar-refractivity contribution in [3.05, 3.63) is 40.3 Å². The average molecular weight is 522 g/mol. The number of anilines is 1. The molecule has 2 N–H and O–H groups in total. The molecule has 0 spiro atoms. The second-order valence-electron chi connectivity index (χ2n) is 8.17. The van der Waals surface area contributed by atoms with E-state index in [1.807, 2.05) is 0 Å². The molecule has 35 heavy (non-hydrogen) atoms. The van der Waals surface area contributed by atoms with Crippen molar-refractivity contribution in [3.8, 4) is 5.75 Å². The summed E-state index contributed by atoms with van der Waals surface area (Å²) in [6, 6.07) is 5.09. The van der Waals surface area contributed by atoms with Crippen molar-refractivity contribution in [1.82, 2.24) is 9.62 Å². The van der Waals surface area contributed by atoms with Crippen LogP contribution in [0.4, 0.5) is 9.80 Å². The van der Waals surface area contributed by atoms with Gasteiger partial charge in [0.2, 0.25) is 15.9 Å². The van der Waals surface area contributed by atoms with E-state index < -0.39 is 34.0 Å². The smallest absolute Gasteiger partial charge is 0.414 e. The van der Waals surface area contributed by atoms with Crippen LogP contribution in [-0.4, -0.2) is 56.9 Å². The van der Waals surface area contributed by atoms with Gasteiger partial charge in [0.15, 0.2) is 0 Å². The molecule has 0 bridgehead atoms. The van der Waals surface area contributed by atoms with Gasteiger partial charge in [0.05, 0.1) is 24.2 Å². The number of carbonyl (C=O) groups excluding carboxylic acids is 3. The molecular formula is C23H27N3O7S2. The maximum Gasteiger partial charge on any atom is 0.414 e. The monoisotopic (exact) mass is 521 g/mol. The van der Waals surface area contributed by atoms with Crippen molar-refractivity contribution >= 4 is 44.3 Å². The van der Waals surface area contributed by atoms with Crippen LogP contribution in [0.15, 0.2) is 29.2 Å². The Balaban J connectivity index is 1.56. The molecule has 1 aliphatic heterocycles. The van der Waals surface area contributed by atoms with Crippen LogP contribution in [0.2, 0.25) is 0 Å². The van der Waals surface area contributed by atoms with Crippen LogP contribution in [0.1, 0.15) is 47.0 Å². The lowest BCUT2D eigenvalue weighted by Gasteiger charge is -2.23. The van der Waals surface area contributed by atoms with Gasteiger partial charge in [-0.25, -0.2) is 13.2 Å². The molecule has 10 nitrogen and oxygen atoms in total. The fourth-order valence-corrected chi connectivity index (χ4v) is 7.37. The number of aryl methyl sites for hydroxylation is 1. The molecule has 3 amide bonds. The normalized spacial score (nSPS) is 17.6. The Morgan fingerprint density at radius 2 is 1.89 bits per heavy atom. The number of methoxy groups -OCH3 is 1. The first kappa shape index (κ1) is 25.1. The quantitative estimate of drug-likeness (QED) is 0.573. The SMILES string of the molecule is CCOC(=O)NC(=O)c1c(NC(=O)C2CCCN2S(=O)(=O)c2ccc(OC)cc2)sc2c1CCC2. The minimum Gasteiger partial charge on any atom is -0.497 e. The third kappa shape index (κ3) is 5.04. The van der Waals surface area contributed by atoms with Gasteiger partial charge in [-0.15, -0.1) is 11.3 Å². The zero-order valence-electron chi connectivity index (χ0n) is 19.5. The van der Waals surface area contributed by atoms with Crippen molar-refractivity contribution in [3.63, 3.8) is 0 Å². The third-order valence-corrected chi connectivity index (χ3v) is 9.18. The second kappa shape index (κ2) is 10.3. The predicted molar refractivity (Wildman–Crippen MR) is 129 cm³/mol. The third-order valence-electron chi connectivity index (χ3n) is 6.05. The summed E-state index contributed by atoms with van der Waals surface area (Å²) >= 11 is 1.29. The Hall–Kier alpha value is -2.96. The van der Waals surface area contributed by atoms with Crippen LogP contribution >= 0.6 is 11.3 Å². The topological polar surface area (TPSA) is 131 Å². The van der Waals surface area contributed by atoms with E-state index in [2.05, 4.69) is 10.6 Å². The summed E-state index contributed by atoms with van der Waals surface area (Å²) in [6.45, 7) is 1.96. The van der Waals surface area contributed by atoms with Gasteiger partial charge in [0.1, 0.15) is 16.8 Å². The summed E-state index contributed by atoms with van der Waals surface area (Å²) in [4.78, 5) is 39.0. The van der Waals surface area contributed by atoms with Crippen LogP contribution in [0, 0.1) is 0 Å². The summed E-state index contributed by atoms with van der Waals surface area (Å²) in [7, 11) is -2.42. The molecule has 1 aliphatic carbocycles. The van der Waals surface area contributed by atoms with Gasteiger partial charge in [-0.2, -0.15) is 4.31 Å². The Bertz CT molecular complexity index is 1240. The van der Waals surface area contributed by atoms with Gasteiger partial charge in [-0.05, 0) is 68.9 Å². The van der Waals surface area contributed by atoms with E-state index in [0.717, 1.165) is 23.3 Å². The maximum absolute atomic E-state index is 13.3. The van der Waals surface area contributed by atoms with E-state index in [0.29, 0.717) is 30.0 Å². The van der Waals surface area contributed by atoms with Gasteiger partial charge < -0.3 is 14.8 Å². The number of sulfonamides is 1. The first-order valence-corrected chi connectivity index (χ1v) is 13.6. The van der Waals surface area contributed by atoms with Crippen molar-refractivity contribution in [2.24, 2.45) is 0 Å². The van der Waals surface area contributed by atoms with Crippen LogP contribution < -0.4 is 15.4 Å². The van der Waals surface area contributed by atoms with E-state index in [4.69, 9.17) is 9.47 Å². The highest BCUT2D eigenvalue weighted by molar-refractivity contribution is 7.89. The first-order valence-electron chi connectivity index (χ1n) is 11.4. The van der Waals surface area contributed by atoms with Gasteiger partial charge in [0.25, 0.3) is 5.91 Å². The lowest BCUT2D eigenvalue weighted by atomic mass is 10.1. The molecule has 0 radical (unpaired) electrons. The molecule has 1 fully saturated rings. The number of alkyl carbamates (subject to hydrolysis) is 1. The molecule has 0 saturated carbocycles. The molecule has 4 rings (SSSR count). The predicted octanol–water partition coefficient (Wildman–Crippen LogP) is 2.92. The number of nitrogens with zero attached hydrogens (tertiary/aromatic N) is 1. The number of rotatable bonds is 7. The van der Waals surface area contributed by atoms with Crippen molar-refractivity contribution < 1.29 is 32.3 Å². The lowest BCUT2D eigenvalue weighted by Crippen LogP contribution is -2.43. The molecule has 1 aromatic carbocycles. The summed E-state index contributed by atoms with van der Waals surface area (Å²) in [5.74, 6) is -0.629. The number of nitrogens with one attached hydrogen (secondary N) is 2. The van der Waals surface area contributed by atoms with E-state index in [9.17, 15) is 22.8 Å². The van der Waals surface area contributed by atoms with Crippen molar-refractivity contribution in [2.75, 3.05) is 25.6 Å². The Labute approximate surface area is 207 Å². The molecule has 1 unspecified atom stereocenters. The van der Waals surface area contributed by atoms with E-state index in [1.54, 1.807) is 19.1 Å². The largest absolute Gasteiger partial charge is 0.497 e. The van der Waals surface area contributed by atoms with Crippen molar-refractivity contribution in [2.45, 2.75) is 50.0 Å². The van der Waals surface area contributed by atoms with Crippen LogP contribution in [0.3, 0.4) is 0 Å². The van der Waals surface area contributed by atoms with Crippen LogP contribution in [-0.2, 0) is 32.4 Å². The molecule has 1 aromatic heterocycles. The number of ether oxygens (including phenoxy) is 2. The summed E-state index contributed by atoms with van der Waals surface area (Å²) in [5, 5.41) is 5.29. The fourth-order valence-electron chi connectivity index (χ4n) is 4.42. The molecule has 188 valence electrons. The van der Waals surface area contributed by atoms with E-state index in [-0.39, 0.29) is 23.6 Å². The highest BCUT2D eigenvalue weighted by Gasteiger charge is 2.40. The lowest BCUT2D eigenvalue weighted by molar-refractivity contribution is -0.119. The minimum absolute atomic E-state index is 0.0719. The molecule has 1 atom stereocenters. The zero-order chi connectivity index (χ0) is 25.2. The van der Waals surface area contributed by atoms with Crippen LogP contribution in [0.5, 0.6) is 5.75 Å². The summed E-state index contributed by atoms with van der Waals surface area (Å²) < 4.78 is 37.6. The second-order valence-corrected chi connectivity index (χ2v) is 11.2. The Morgan fingerprint density at radius 3 is 2.57 bits per heavy atom. The summed E-state index contributed by atoms with van der Waals surface area (Å²) in [6.07, 6.45) is 2.35. The highest BCUT2D eigenvalue weighted by atomic mass is 32.2. The number of hydrogen-bond donors (Lipinski definition) is 2. The van der Waals surface area contributed by atoms with Gasteiger partial charge >= 0.3 is 6.09 Å². The molecular weight excluding hydrogens is 494 g/mol. The Kier molecular flexibility index (Phi) is 7.43. The van der Waals surface area contributed by atoms with Gasteiger partial charge in [-0.1, -0.05) is 0 Å². The van der Waals surface area contributed by atoms with E-state index >= 15 is 0 Å². The van der Waals surface area contributed by atoms with Crippen molar-refractivity contribution in [1.29, 1.82) is 0 Å². The number of thiophene rings is 1. The Morgan fingerprint density at radius 1 is 1.14 bits per heavy atom. The molecule has 2 aliphatic rings. The number of amides is 3. The number of benzene rings is 1.